The van der Waals surface area contributed by atoms with Gasteiger partial charge in [-0.2, -0.15) is 0 Å². The van der Waals surface area contributed by atoms with Crippen molar-refractivity contribution in [3.8, 4) is 5.75 Å². The third-order valence-corrected chi connectivity index (χ3v) is 3.49. The lowest BCUT2D eigenvalue weighted by Crippen LogP contribution is -2.37. The Labute approximate surface area is 116 Å². The van der Waals surface area contributed by atoms with E-state index in [-0.39, 0.29) is 17.4 Å². The number of carbonyl (C=O) groups is 1. The first kappa shape index (κ1) is 14.1. The predicted molar refractivity (Wildman–Crippen MR) is 78.1 cm³/mol. The zero-order valence-electron chi connectivity index (χ0n) is 11.8. The topological polar surface area (TPSA) is 71.3 Å². The highest BCUT2D eigenvalue weighted by molar-refractivity contribution is 6.02. The average Bonchev–Trinajstić information content (AvgIpc) is 2.45. The number of nitrogens with one attached hydrogen (secondary N) is 1. The van der Waals surface area contributed by atoms with Crippen LogP contribution in [0.1, 0.15) is 30.6 Å². The third-order valence-electron chi connectivity index (χ3n) is 3.49. The number of pyridine rings is 1. The Bertz CT molecular complexity index is 719. The number of rotatable bonds is 3. The number of hydrogen-bond donors (Lipinski definition) is 2. The Morgan fingerprint density at radius 2 is 2.05 bits per heavy atom. The quantitative estimate of drug-likeness (QED) is 0.896. The molecular formula is C15H18N2O3. The first-order chi connectivity index (χ1) is 9.47. The summed E-state index contributed by atoms with van der Waals surface area (Å²) < 4.78 is 1.38. The van der Waals surface area contributed by atoms with Crippen molar-refractivity contribution in [3.63, 3.8) is 0 Å². The van der Waals surface area contributed by atoms with Crippen LogP contribution in [0.3, 0.4) is 0 Å². The van der Waals surface area contributed by atoms with Crippen molar-refractivity contribution in [2.45, 2.75) is 26.3 Å². The normalized spacial score (nSPS) is 12.3. The van der Waals surface area contributed by atoms with Gasteiger partial charge in [-0.3, -0.25) is 9.59 Å². The maximum Gasteiger partial charge on any atom is 0.267 e. The van der Waals surface area contributed by atoms with E-state index in [1.165, 1.54) is 4.57 Å². The SMILES string of the molecule is CC[C@@H](C)NC(=O)c1c(O)c2ccccc2n(C)c1=O. The van der Waals surface area contributed by atoms with E-state index in [0.29, 0.717) is 10.9 Å². The zero-order chi connectivity index (χ0) is 14.9. The molecule has 0 aliphatic heterocycles. The van der Waals surface area contributed by atoms with Crippen LogP contribution in [0.5, 0.6) is 5.75 Å². The summed E-state index contributed by atoms with van der Waals surface area (Å²) >= 11 is 0. The lowest BCUT2D eigenvalue weighted by molar-refractivity contribution is 0.0935. The second-order valence-electron chi connectivity index (χ2n) is 4.89. The highest BCUT2D eigenvalue weighted by Gasteiger charge is 2.21. The van der Waals surface area contributed by atoms with Crippen molar-refractivity contribution >= 4 is 16.8 Å². The minimum Gasteiger partial charge on any atom is -0.506 e. The molecule has 0 saturated heterocycles. The summed E-state index contributed by atoms with van der Waals surface area (Å²) in [6.07, 6.45) is 0.750. The van der Waals surface area contributed by atoms with Gasteiger partial charge >= 0.3 is 0 Å². The number of hydrogen-bond acceptors (Lipinski definition) is 3. The molecule has 0 saturated carbocycles. The van der Waals surface area contributed by atoms with Crippen LogP contribution in [0.2, 0.25) is 0 Å². The summed E-state index contributed by atoms with van der Waals surface area (Å²) in [4.78, 5) is 24.4. The molecule has 2 N–H and O–H groups in total. The minimum absolute atomic E-state index is 0.0573. The molecule has 1 atom stereocenters. The molecule has 0 unspecified atom stereocenters. The van der Waals surface area contributed by atoms with Gasteiger partial charge in [-0.15, -0.1) is 0 Å². The lowest BCUT2D eigenvalue weighted by Gasteiger charge is -2.14. The van der Waals surface area contributed by atoms with Crippen LogP contribution < -0.4 is 10.9 Å². The second kappa shape index (κ2) is 5.36. The summed E-state index contributed by atoms with van der Waals surface area (Å²) in [5.41, 5.74) is -0.108. The van der Waals surface area contributed by atoms with Gasteiger partial charge in [-0.25, -0.2) is 0 Å². The summed E-state index contributed by atoms with van der Waals surface area (Å²) in [6, 6.07) is 6.89. The van der Waals surface area contributed by atoms with E-state index < -0.39 is 11.5 Å². The molecule has 106 valence electrons. The van der Waals surface area contributed by atoms with Crippen LogP contribution >= 0.6 is 0 Å². The number of aromatic hydroxyl groups is 1. The van der Waals surface area contributed by atoms with E-state index in [1.807, 2.05) is 13.8 Å². The number of benzene rings is 1. The van der Waals surface area contributed by atoms with Crippen molar-refractivity contribution in [1.82, 2.24) is 9.88 Å². The molecule has 2 rings (SSSR count). The molecule has 5 heteroatoms. The highest BCUT2D eigenvalue weighted by atomic mass is 16.3. The second-order valence-corrected chi connectivity index (χ2v) is 4.89. The fourth-order valence-electron chi connectivity index (χ4n) is 2.08. The standard InChI is InChI=1S/C15H18N2O3/c1-4-9(2)16-14(19)12-13(18)10-7-5-6-8-11(10)17(3)15(12)20/h5-9,18H,4H2,1-3H3,(H,16,19)/t9-/m1/s1. The van der Waals surface area contributed by atoms with Gasteiger partial charge < -0.3 is 15.0 Å². The fourth-order valence-corrected chi connectivity index (χ4v) is 2.08. The van der Waals surface area contributed by atoms with Crippen LogP contribution in [0.15, 0.2) is 29.1 Å². The van der Waals surface area contributed by atoms with Crippen molar-refractivity contribution in [2.24, 2.45) is 7.05 Å². The first-order valence-corrected chi connectivity index (χ1v) is 6.59. The Morgan fingerprint density at radius 3 is 2.70 bits per heavy atom. The van der Waals surface area contributed by atoms with Gasteiger partial charge in [0, 0.05) is 18.5 Å². The van der Waals surface area contributed by atoms with Crippen LogP contribution in [0.25, 0.3) is 10.9 Å². The molecule has 1 heterocycles. The average molecular weight is 274 g/mol. The van der Waals surface area contributed by atoms with E-state index in [1.54, 1.807) is 31.3 Å². The number of nitrogens with zero attached hydrogens (tertiary/aromatic N) is 1. The van der Waals surface area contributed by atoms with E-state index in [9.17, 15) is 14.7 Å². The van der Waals surface area contributed by atoms with Crippen LogP contribution in [0, 0.1) is 0 Å². The molecule has 0 aliphatic carbocycles. The van der Waals surface area contributed by atoms with E-state index in [0.717, 1.165) is 6.42 Å². The molecule has 2 aromatic rings. The van der Waals surface area contributed by atoms with E-state index in [4.69, 9.17) is 0 Å². The largest absolute Gasteiger partial charge is 0.506 e. The van der Waals surface area contributed by atoms with Gasteiger partial charge in [0.2, 0.25) is 0 Å². The number of fused-ring (bicyclic) bond motifs is 1. The molecule has 0 aliphatic rings. The molecular weight excluding hydrogens is 256 g/mol. The number of amides is 1. The summed E-state index contributed by atoms with van der Waals surface area (Å²) in [5.74, 6) is -0.798. The van der Waals surface area contributed by atoms with Gasteiger partial charge in [0.15, 0.2) is 0 Å². The summed E-state index contributed by atoms with van der Waals surface area (Å²) in [7, 11) is 1.59. The van der Waals surface area contributed by atoms with Crippen molar-refractivity contribution < 1.29 is 9.90 Å². The summed E-state index contributed by atoms with van der Waals surface area (Å²) in [6.45, 7) is 3.78. The number of aromatic nitrogens is 1. The third kappa shape index (κ3) is 2.27. The van der Waals surface area contributed by atoms with Crippen LogP contribution in [-0.2, 0) is 7.05 Å². The van der Waals surface area contributed by atoms with Gasteiger partial charge in [0.05, 0.1) is 5.52 Å². The maximum atomic E-state index is 12.3. The predicted octanol–water partition coefficient (Wildman–Crippen LogP) is 1.77. The highest BCUT2D eigenvalue weighted by Crippen LogP contribution is 2.25. The van der Waals surface area contributed by atoms with E-state index in [2.05, 4.69) is 5.32 Å². The molecule has 20 heavy (non-hydrogen) atoms. The number of carbonyl (C=O) groups excluding carboxylic acids is 1. The molecule has 0 spiro atoms. The van der Waals surface area contributed by atoms with Crippen molar-refractivity contribution in [2.75, 3.05) is 0 Å². The first-order valence-electron chi connectivity index (χ1n) is 6.59. The fraction of sp³-hybridized carbons (Fsp3) is 0.333. The van der Waals surface area contributed by atoms with Crippen molar-refractivity contribution in [1.29, 1.82) is 0 Å². The Kier molecular flexibility index (Phi) is 3.79. The Hall–Kier alpha value is -2.30. The minimum atomic E-state index is -0.539. The van der Waals surface area contributed by atoms with Crippen molar-refractivity contribution in [3.05, 3.63) is 40.2 Å². The number of para-hydroxylation sites is 1. The summed E-state index contributed by atoms with van der Waals surface area (Å²) in [5, 5.41) is 13.4. The van der Waals surface area contributed by atoms with Gasteiger partial charge in [-0.1, -0.05) is 19.1 Å². The van der Waals surface area contributed by atoms with Crippen LogP contribution in [-0.4, -0.2) is 21.6 Å². The molecule has 1 aromatic carbocycles. The van der Waals surface area contributed by atoms with E-state index >= 15 is 0 Å². The lowest BCUT2D eigenvalue weighted by atomic mass is 10.1. The zero-order valence-corrected chi connectivity index (χ0v) is 11.8. The Morgan fingerprint density at radius 1 is 1.40 bits per heavy atom. The molecule has 1 aromatic heterocycles. The van der Waals surface area contributed by atoms with Crippen LogP contribution in [0.4, 0.5) is 0 Å². The maximum absolute atomic E-state index is 12.3. The molecule has 5 nitrogen and oxygen atoms in total. The molecule has 0 bridgehead atoms. The Balaban J connectivity index is 2.65. The number of aryl methyl sites for hydroxylation is 1. The monoisotopic (exact) mass is 274 g/mol. The molecule has 0 fully saturated rings. The van der Waals surface area contributed by atoms with Gasteiger partial charge in [-0.05, 0) is 25.5 Å². The molecule has 0 radical (unpaired) electrons. The molecule has 1 amide bonds. The van der Waals surface area contributed by atoms with Gasteiger partial charge in [0.1, 0.15) is 11.3 Å². The van der Waals surface area contributed by atoms with Gasteiger partial charge in [0.25, 0.3) is 11.5 Å². The smallest absolute Gasteiger partial charge is 0.267 e.